The summed E-state index contributed by atoms with van der Waals surface area (Å²) in [7, 11) is 0. The predicted molar refractivity (Wildman–Crippen MR) is 84.4 cm³/mol. The van der Waals surface area contributed by atoms with Gasteiger partial charge in [-0.3, -0.25) is 0 Å². The number of hydrogen-bond donors (Lipinski definition) is 1. The molecule has 2 N–H and O–H groups in total. The van der Waals surface area contributed by atoms with Gasteiger partial charge < -0.3 is 10.3 Å². The van der Waals surface area contributed by atoms with Gasteiger partial charge in [0.15, 0.2) is 11.6 Å². The highest BCUT2D eigenvalue weighted by atomic mass is 15.3. The van der Waals surface area contributed by atoms with E-state index in [-0.39, 0.29) is 0 Å². The lowest BCUT2D eigenvalue weighted by Gasteiger charge is -2.09. The van der Waals surface area contributed by atoms with Gasteiger partial charge in [-0.05, 0) is 18.6 Å². The Hall–Kier alpha value is -2.46. The van der Waals surface area contributed by atoms with Crippen LogP contribution in [0, 0.1) is 6.92 Å². The molecule has 0 aliphatic rings. The molecule has 0 amide bonds. The molecule has 0 spiro atoms. The van der Waals surface area contributed by atoms with E-state index in [0.29, 0.717) is 13.1 Å². The minimum absolute atomic E-state index is 0.537. The lowest BCUT2D eigenvalue weighted by molar-refractivity contribution is 0.719. The molecule has 0 bridgehead atoms. The Morgan fingerprint density at radius 2 is 1.57 bits per heavy atom. The number of benzene rings is 2. The molecule has 0 unspecified atom stereocenters. The van der Waals surface area contributed by atoms with E-state index in [0.717, 1.165) is 28.3 Å². The zero-order chi connectivity index (χ0) is 14.7. The van der Waals surface area contributed by atoms with Gasteiger partial charge in [0.2, 0.25) is 0 Å². The second kappa shape index (κ2) is 5.89. The third-order valence-electron chi connectivity index (χ3n) is 3.32. The average Bonchev–Trinajstić information content (AvgIpc) is 2.92. The third-order valence-corrected chi connectivity index (χ3v) is 3.32. The second-order valence-electron chi connectivity index (χ2n) is 4.85. The van der Waals surface area contributed by atoms with Crippen molar-refractivity contribution in [3.05, 3.63) is 67.1 Å². The first-order valence-electron chi connectivity index (χ1n) is 6.90. The summed E-state index contributed by atoms with van der Waals surface area (Å²) in [6, 6.07) is 18.0. The maximum absolute atomic E-state index is 5.75. The van der Waals surface area contributed by atoms with Gasteiger partial charge in [0, 0.05) is 24.2 Å². The van der Waals surface area contributed by atoms with E-state index >= 15 is 0 Å². The summed E-state index contributed by atoms with van der Waals surface area (Å²) in [5.41, 5.74) is 8.75. The van der Waals surface area contributed by atoms with Gasteiger partial charge in [0.1, 0.15) is 0 Å². The lowest BCUT2D eigenvalue weighted by Crippen LogP contribution is -2.12. The number of hydrogen-bond acceptors (Lipinski definition) is 3. The van der Waals surface area contributed by atoms with Gasteiger partial charge in [-0.25, -0.2) is 0 Å². The van der Waals surface area contributed by atoms with Crippen molar-refractivity contribution in [2.24, 2.45) is 5.73 Å². The number of rotatable bonds is 4. The van der Waals surface area contributed by atoms with Gasteiger partial charge in [0.05, 0.1) is 0 Å². The Morgan fingerprint density at radius 1 is 0.905 bits per heavy atom. The highest BCUT2D eigenvalue weighted by Gasteiger charge is 2.14. The summed E-state index contributed by atoms with van der Waals surface area (Å²) in [6.07, 6.45) is 0. The topological polar surface area (TPSA) is 56.7 Å². The lowest BCUT2D eigenvalue weighted by atomic mass is 10.1. The highest BCUT2D eigenvalue weighted by molar-refractivity contribution is 5.63. The second-order valence-corrected chi connectivity index (χ2v) is 4.85. The van der Waals surface area contributed by atoms with Gasteiger partial charge in [-0.2, -0.15) is 0 Å². The zero-order valence-corrected chi connectivity index (χ0v) is 11.7. The van der Waals surface area contributed by atoms with E-state index in [1.807, 2.05) is 54.6 Å². The van der Waals surface area contributed by atoms with Crippen LogP contribution in [0.4, 0.5) is 0 Å². The van der Waals surface area contributed by atoms with E-state index in [4.69, 9.17) is 5.73 Å². The van der Waals surface area contributed by atoms with Crippen molar-refractivity contribution >= 4 is 0 Å². The summed E-state index contributed by atoms with van der Waals surface area (Å²) in [6.45, 7) is 5.18. The van der Waals surface area contributed by atoms with E-state index in [1.165, 1.54) is 0 Å². The van der Waals surface area contributed by atoms with Crippen molar-refractivity contribution in [2.75, 3.05) is 6.54 Å². The van der Waals surface area contributed by atoms with Gasteiger partial charge in [-0.15, -0.1) is 10.2 Å². The molecule has 3 aromatic rings. The van der Waals surface area contributed by atoms with Crippen LogP contribution < -0.4 is 5.73 Å². The van der Waals surface area contributed by atoms with Crippen molar-refractivity contribution in [1.82, 2.24) is 14.8 Å². The third kappa shape index (κ3) is 2.71. The smallest absolute Gasteiger partial charge is 0.164 e. The monoisotopic (exact) mass is 277 g/mol. The normalized spacial score (nSPS) is 10.8. The Labute approximate surface area is 124 Å². The van der Waals surface area contributed by atoms with Gasteiger partial charge in [-0.1, -0.05) is 48.5 Å². The van der Waals surface area contributed by atoms with Crippen molar-refractivity contribution in [3.8, 4) is 22.8 Å². The summed E-state index contributed by atoms with van der Waals surface area (Å²) in [5.74, 6) is 1.66. The molecule has 2 aromatic carbocycles. The van der Waals surface area contributed by atoms with Crippen LogP contribution in [0.5, 0.6) is 0 Å². The molecular formula is C17H17N4. The molecule has 0 aliphatic heterocycles. The molecule has 21 heavy (non-hydrogen) atoms. The number of nitrogens with two attached hydrogens (primary N) is 1. The Kier molecular flexibility index (Phi) is 3.79. The SMILES string of the molecule is [CH2]c1cccc(-c2nnc(-c3ccccc3)n2CCN)c1. The molecule has 105 valence electrons. The van der Waals surface area contributed by atoms with Crippen molar-refractivity contribution in [2.45, 2.75) is 6.54 Å². The fraction of sp³-hybridized carbons (Fsp3) is 0.118. The molecule has 3 rings (SSSR count). The summed E-state index contributed by atoms with van der Waals surface area (Å²) in [5, 5.41) is 8.70. The summed E-state index contributed by atoms with van der Waals surface area (Å²) >= 11 is 0. The van der Waals surface area contributed by atoms with Crippen molar-refractivity contribution < 1.29 is 0 Å². The van der Waals surface area contributed by atoms with Crippen molar-refractivity contribution in [1.29, 1.82) is 0 Å². The van der Waals surface area contributed by atoms with E-state index < -0.39 is 0 Å². The van der Waals surface area contributed by atoms with Crippen LogP contribution in [0.2, 0.25) is 0 Å². The van der Waals surface area contributed by atoms with Crippen LogP contribution in [0.3, 0.4) is 0 Å². The molecule has 1 radical (unpaired) electrons. The minimum atomic E-state index is 0.537. The summed E-state index contributed by atoms with van der Waals surface area (Å²) < 4.78 is 2.06. The van der Waals surface area contributed by atoms with E-state index in [2.05, 4.69) is 21.7 Å². The van der Waals surface area contributed by atoms with Gasteiger partial charge >= 0.3 is 0 Å². The molecule has 0 saturated carbocycles. The number of nitrogens with zero attached hydrogens (tertiary/aromatic N) is 3. The predicted octanol–water partition coefficient (Wildman–Crippen LogP) is 2.75. The van der Waals surface area contributed by atoms with E-state index in [9.17, 15) is 0 Å². The Balaban J connectivity index is 2.12. The minimum Gasteiger partial charge on any atom is -0.329 e. The quantitative estimate of drug-likeness (QED) is 0.797. The number of aromatic nitrogens is 3. The highest BCUT2D eigenvalue weighted by Crippen LogP contribution is 2.24. The first kappa shape index (κ1) is 13.5. The largest absolute Gasteiger partial charge is 0.329 e. The standard InChI is InChI=1S/C17H17N4/c1-13-6-5-9-15(12-13)17-20-19-16(21(17)11-10-18)14-7-3-2-4-8-14/h2-9,12H,1,10-11,18H2. The Morgan fingerprint density at radius 3 is 2.24 bits per heavy atom. The summed E-state index contributed by atoms with van der Waals surface area (Å²) in [4.78, 5) is 0. The first-order valence-corrected chi connectivity index (χ1v) is 6.90. The van der Waals surface area contributed by atoms with Crippen LogP contribution in [-0.2, 0) is 6.54 Å². The fourth-order valence-corrected chi connectivity index (χ4v) is 2.37. The maximum Gasteiger partial charge on any atom is 0.164 e. The average molecular weight is 277 g/mol. The Bertz CT molecular complexity index is 732. The first-order chi connectivity index (χ1) is 10.3. The molecule has 1 heterocycles. The van der Waals surface area contributed by atoms with Crippen LogP contribution in [0.25, 0.3) is 22.8 Å². The van der Waals surface area contributed by atoms with E-state index in [1.54, 1.807) is 0 Å². The molecule has 0 aliphatic carbocycles. The molecular weight excluding hydrogens is 260 g/mol. The molecule has 0 fully saturated rings. The molecule has 0 atom stereocenters. The fourth-order valence-electron chi connectivity index (χ4n) is 2.37. The maximum atomic E-state index is 5.75. The van der Waals surface area contributed by atoms with Crippen LogP contribution in [0.15, 0.2) is 54.6 Å². The van der Waals surface area contributed by atoms with Gasteiger partial charge in [0.25, 0.3) is 0 Å². The molecule has 0 saturated heterocycles. The zero-order valence-electron chi connectivity index (χ0n) is 11.7. The molecule has 4 heteroatoms. The van der Waals surface area contributed by atoms with Crippen LogP contribution in [0.1, 0.15) is 5.56 Å². The van der Waals surface area contributed by atoms with Crippen LogP contribution >= 0.6 is 0 Å². The van der Waals surface area contributed by atoms with Crippen molar-refractivity contribution in [3.63, 3.8) is 0 Å². The molecule has 4 nitrogen and oxygen atoms in total. The van der Waals surface area contributed by atoms with Crippen LogP contribution in [-0.4, -0.2) is 21.3 Å². The molecule has 1 aromatic heterocycles.